The van der Waals surface area contributed by atoms with E-state index in [1.807, 2.05) is 61.5 Å². The fraction of sp³-hybridized carbons (Fsp3) is 0.179. The molecule has 2 heterocycles. The van der Waals surface area contributed by atoms with E-state index in [0.717, 1.165) is 27.7 Å². The van der Waals surface area contributed by atoms with Crippen LogP contribution in [-0.2, 0) is 32.5 Å². The molecule has 1 aliphatic rings. The quantitative estimate of drug-likeness (QED) is 0.345. The summed E-state index contributed by atoms with van der Waals surface area (Å²) in [4.78, 5) is 29.8. The lowest BCUT2D eigenvalue weighted by Gasteiger charge is -2.21. The van der Waals surface area contributed by atoms with Gasteiger partial charge in [-0.15, -0.1) is 0 Å². The first kappa shape index (κ1) is 24.6. The molecule has 1 unspecified atom stereocenters. The smallest absolute Gasteiger partial charge is 0.242 e. The molecular formula is C28H26N4O4S. The van der Waals surface area contributed by atoms with Crippen molar-refractivity contribution >= 4 is 44.1 Å². The first-order valence-corrected chi connectivity index (χ1v) is 13.4. The second-order valence-electron chi connectivity index (χ2n) is 9.05. The molecule has 9 heteroatoms. The molecule has 0 bridgehead atoms. The van der Waals surface area contributed by atoms with E-state index in [0.29, 0.717) is 24.2 Å². The Morgan fingerprint density at radius 1 is 1.00 bits per heavy atom. The van der Waals surface area contributed by atoms with Gasteiger partial charge in [0.25, 0.3) is 0 Å². The molecule has 0 saturated heterocycles. The first-order valence-electron chi connectivity index (χ1n) is 11.9. The van der Waals surface area contributed by atoms with Gasteiger partial charge in [0.1, 0.15) is 6.04 Å². The van der Waals surface area contributed by atoms with Crippen molar-refractivity contribution in [3.05, 3.63) is 95.7 Å². The molecule has 1 aliphatic heterocycles. The van der Waals surface area contributed by atoms with Crippen LogP contribution in [0.5, 0.6) is 0 Å². The molecule has 2 amide bonds. The number of para-hydroxylation sites is 1. The van der Waals surface area contributed by atoms with Crippen molar-refractivity contribution < 1.29 is 18.0 Å². The van der Waals surface area contributed by atoms with E-state index in [2.05, 4.69) is 20.3 Å². The van der Waals surface area contributed by atoms with Crippen LogP contribution in [-0.4, -0.2) is 31.3 Å². The van der Waals surface area contributed by atoms with Gasteiger partial charge in [0.15, 0.2) is 0 Å². The Labute approximate surface area is 215 Å². The zero-order valence-corrected chi connectivity index (χ0v) is 21.0. The number of hydrogen-bond donors (Lipinski definition) is 3. The van der Waals surface area contributed by atoms with Crippen LogP contribution in [0.25, 0.3) is 10.9 Å². The van der Waals surface area contributed by atoms with Crippen LogP contribution in [0.3, 0.4) is 0 Å². The largest absolute Gasteiger partial charge is 0.326 e. The van der Waals surface area contributed by atoms with E-state index in [-0.39, 0.29) is 17.2 Å². The number of anilines is 2. The van der Waals surface area contributed by atoms with Crippen LogP contribution in [0.4, 0.5) is 11.4 Å². The van der Waals surface area contributed by atoms with Crippen LogP contribution in [0.2, 0.25) is 0 Å². The molecule has 0 fully saturated rings. The summed E-state index contributed by atoms with van der Waals surface area (Å²) >= 11 is 0. The average molecular weight is 515 g/mol. The van der Waals surface area contributed by atoms with Gasteiger partial charge in [-0.25, -0.2) is 8.42 Å². The van der Waals surface area contributed by atoms with Gasteiger partial charge in [-0.05, 0) is 61.2 Å². The average Bonchev–Trinajstić information content (AvgIpc) is 2.88. The van der Waals surface area contributed by atoms with Crippen molar-refractivity contribution in [3.63, 3.8) is 0 Å². The minimum atomic E-state index is -4.05. The number of carbonyl (C=O) groups excluding carboxylic acids is 2. The van der Waals surface area contributed by atoms with Crippen molar-refractivity contribution in [1.82, 2.24) is 9.71 Å². The number of pyridine rings is 1. The number of nitrogens with one attached hydrogen (secondary N) is 3. The zero-order valence-electron chi connectivity index (χ0n) is 20.2. The molecule has 0 radical (unpaired) electrons. The number of aromatic nitrogens is 1. The summed E-state index contributed by atoms with van der Waals surface area (Å²) < 4.78 is 29.4. The summed E-state index contributed by atoms with van der Waals surface area (Å²) in [6.07, 6.45) is 0.907. The third-order valence-electron chi connectivity index (χ3n) is 6.28. The molecule has 37 heavy (non-hydrogen) atoms. The lowest BCUT2D eigenvalue weighted by Crippen LogP contribution is -2.45. The normalized spacial score (nSPS) is 14.0. The predicted octanol–water partition coefficient (Wildman–Crippen LogP) is 3.96. The van der Waals surface area contributed by atoms with Gasteiger partial charge < -0.3 is 10.6 Å². The van der Waals surface area contributed by atoms with E-state index in [1.165, 1.54) is 6.07 Å². The van der Waals surface area contributed by atoms with E-state index < -0.39 is 22.0 Å². The molecule has 8 nitrogen and oxygen atoms in total. The summed E-state index contributed by atoms with van der Waals surface area (Å²) in [6.45, 7) is 1.84. The highest BCUT2D eigenvalue weighted by atomic mass is 32.2. The number of amides is 2. The number of nitrogens with zero attached hydrogens (tertiary/aromatic N) is 1. The molecule has 3 aromatic carbocycles. The molecule has 188 valence electrons. The predicted molar refractivity (Wildman–Crippen MR) is 143 cm³/mol. The van der Waals surface area contributed by atoms with Crippen molar-refractivity contribution in [3.8, 4) is 0 Å². The highest BCUT2D eigenvalue weighted by Gasteiger charge is 2.28. The SMILES string of the molecule is Cc1cc(NC(=O)C(Cc2ccccc2)NS(=O)(=O)c2ccc3c(c2)CCC(=O)N3)c2ccccc2n1. The fourth-order valence-electron chi connectivity index (χ4n) is 4.45. The number of rotatable bonds is 7. The maximum Gasteiger partial charge on any atom is 0.242 e. The van der Waals surface area contributed by atoms with Gasteiger partial charge in [-0.3, -0.25) is 14.6 Å². The third-order valence-corrected chi connectivity index (χ3v) is 7.75. The van der Waals surface area contributed by atoms with E-state index in [9.17, 15) is 18.0 Å². The van der Waals surface area contributed by atoms with Gasteiger partial charge in [-0.1, -0.05) is 48.5 Å². The Morgan fingerprint density at radius 2 is 1.76 bits per heavy atom. The highest BCUT2D eigenvalue weighted by molar-refractivity contribution is 7.89. The van der Waals surface area contributed by atoms with Crippen LogP contribution in [0, 0.1) is 6.92 Å². The second kappa shape index (κ2) is 10.1. The standard InChI is InChI=1S/C28H26N4O4S/c1-18-15-25(22-9-5-6-10-24(22)29-18)31-28(34)26(16-19-7-3-2-4-8-19)32-37(35,36)21-12-13-23-20(17-21)11-14-27(33)30-23/h2-10,12-13,15,17,26,32H,11,14,16H2,1H3,(H,30,33)(H,29,31,34). The maximum atomic E-state index is 13.5. The van der Waals surface area contributed by atoms with E-state index in [4.69, 9.17) is 0 Å². The number of sulfonamides is 1. The molecule has 5 rings (SSSR count). The van der Waals surface area contributed by atoms with Crippen LogP contribution in [0.15, 0.2) is 83.8 Å². The summed E-state index contributed by atoms with van der Waals surface area (Å²) in [5, 5.41) is 6.44. The van der Waals surface area contributed by atoms with Crippen molar-refractivity contribution in [2.24, 2.45) is 0 Å². The number of benzene rings is 3. The minimum absolute atomic E-state index is 0.0402. The first-order chi connectivity index (χ1) is 17.8. The Bertz CT molecular complexity index is 1600. The molecule has 1 atom stereocenters. The molecule has 0 aliphatic carbocycles. The van der Waals surface area contributed by atoms with Crippen molar-refractivity contribution in [2.75, 3.05) is 10.6 Å². The Morgan fingerprint density at radius 3 is 2.57 bits per heavy atom. The lowest BCUT2D eigenvalue weighted by atomic mass is 10.0. The van der Waals surface area contributed by atoms with Crippen LogP contribution >= 0.6 is 0 Å². The minimum Gasteiger partial charge on any atom is -0.326 e. The van der Waals surface area contributed by atoms with Crippen LogP contribution < -0.4 is 15.4 Å². The number of carbonyl (C=O) groups is 2. The second-order valence-corrected chi connectivity index (χ2v) is 10.8. The molecule has 3 N–H and O–H groups in total. The summed E-state index contributed by atoms with van der Waals surface area (Å²) in [7, 11) is -4.05. The van der Waals surface area contributed by atoms with Crippen molar-refractivity contribution in [1.29, 1.82) is 0 Å². The molecule has 0 spiro atoms. The van der Waals surface area contributed by atoms with E-state index in [1.54, 1.807) is 18.2 Å². The fourth-order valence-corrected chi connectivity index (χ4v) is 5.70. The summed E-state index contributed by atoms with van der Waals surface area (Å²) in [5.41, 5.74) is 4.19. The topological polar surface area (TPSA) is 117 Å². The van der Waals surface area contributed by atoms with Gasteiger partial charge in [0, 0.05) is 23.2 Å². The molecule has 1 aromatic heterocycles. The zero-order chi connectivity index (χ0) is 26.0. The van der Waals surface area contributed by atoms with Crippen LogP contribution in [0.1, 0.15) is 23.2 Å². The molecule has 4 aromatic rings. The molecular weight excluding hydrogens is 488 g/mol. The van der Waals surface area contributed by atoms with Gasteiger partial charge in [0.2, 0.25) is 21.8 Å². The summed E-state index contributed by atoms with van der Waals surface area (Å²) in [6, 6.07) is 22.0. The van der Waals surface area contributed by atoms with Gasteiger partial charge in [0.05, 0.1) is 16.1 Å². The van der Waals surface area contributed by atoms with Gasteiger partial charge in [-0.2, -0.15) is 4.72 Å². The monoisotopic (exact) mass is 514 g/mol. The Kier molecular flexibility index (Phi) is 6.73. The summed E-state index contributed by atoms with van der Waals surface area (Å²) in [5.74, 6) is -0.576. The van der Waals surface area contributed by atoms with Gasteiger partial charge >= 0.3 is 0 Å². The highest BCUT2D eigenvalue weighted by Crippen LogP contribution is 2.26. The van der Waals surface area contributed by atoms with Crippen molar-refractivity contribution in [2.45, 2.75) is 37.1 Å². The number of aryl methyl sites for hydroxylation is 2. The maximum absolute atomic E-state index is 13.5. The lowest BCUT2D eigenvalue weighted by molar-refractivity contribution is -0.118. The molecule has 0 saturated carbocycles. The van der Waals surface area contributed by atoms with E-state index >= 15 is 0 Å². The number of hydrogen-bond acceptors (Lipinski definition) is 5. The Balaban J connectivity index is 1.45. The Hall–Kier alpha value is -4.08. The third kappa shape index (κ3) is 5.52. The number of fused-ring (bicyclic) bond motifs is 2.